The minimum Gasteiger partial charge on any atom is -0.358 e. The molecule has 0 aliphatic heterocycles. The second-order valence-corrected chi connectivity index (χ2v) is 9.27. The fraction of sp³-hybridized carbons (Fsp3) is 0.250. The highest BCUT2D eigenvalue weighted by atomic mass is 32.1. The third-order valence-corrected chi connectivity index (χ3v) is 5.53. The number of carbonyl (C=O) groups excluding carboxylic acids is 1. The van der Waals surface area contributed by atoms with E-state index in [-0.39, 0.29) is 11.4 Å². The number of hydrogen-bond acceptors (Lipinski definition) is 6. The number of aromatic nitrogens is 3. The number of carbonyl (C=O) groups is 1. The van der Waals surface area contributed by atoms with Crippen molar-refractivity contribution in [2.45, 2.75) is 39.3 Å². The monoisotopic (exact) mass is 431 g/mol. The maximum atomic E-state index is 12.7. The third kappa shape index (κ3) is 4.72. The molecule has 3 aromatic heterocycles. The van der Waals surface area contributed by atoms with E-state index in [0.29, 0.717) is 17.3 Å². The molecule has 0 fully saturated rings. The molecule has 0 bridgehead atoms. The summed E-state index contributed by atoms with van der Waals surface area (Å²) in [6, 6.07) is 15.3. The highest BCUT2D eigenvalue weighted by Gasteiger charge is 2.22. The Labute approximate surface area is 185 Å². The van der Waals surface area contributed by atoms with Crippen LogP contribution in [0.3, 0.4) is 0 Å². The largest absolute Gasteiger partial charge is 0.358 e. The van der Waals surface area contributed by atoms with Crippen LogP contribution in [0.2, 0.25) is 0 Å². The van der Waals surface area contributed by atoms with Crippen molar-refractivity contribution in [3.05, 3.63) is 60.1 Å². The Morgan fingerprint density at radius 3 is 2.45 bits per heavy atom. The molecular formula is C24H25N5OS. The predicted octanol–water partition coefficient (Wildman–Crippen LogP) is 5.14. The Morgan fingerprint density at radius 2 is 1.77 bits per heavy atom. The first kappa shape index (κ1) is 20.9. The number of pyridine rings is 1. The molecule has 0 saturated heterocycles. The first-order chi connectivity index (χ1) is 14.8. The van der Waals surface area contributed by atoms with Gasteiger partial charge < -0.3 is 10.6 Å². The van der Waals surface area contributed by atoms with Crippen LogP contribution in [0.5, 0.6) is 0 Å². The highest BCUT2D eigenvalue weighted by molar-refractivity contribution is 7.17. The maximum Gasteiger partial charge on any atom is 0.242 e. The smallest absolute Gasteiger partial charge is 0.242 e. The zero-order valence-corrected chi connectivity index (χ0v) is 18.8. The average molecular weight is 432 g/mol. The van der Waals surface area contributed by atoms with Gasteiger partial charge in [-0.15, -0.1) is 11.3 Å². The van der Waals surface area contributed by atoms with Crippen molar-refractivity contribution in [3.8, 4) is 22.6 Å². The lowest BCUT2D eigenvalue weighted by Gasteiger charge is -2.24. The van der Waals surface area contributed by atoms with Gasteiger partial charge in [-0.3, -0.25) is 9.78 Å². The fourth-order valence-electron chi connectivity index (χ4n) is 3.23. The van der Waals surface area contributed by atoms with Gasteiger partial charge in [0, 0.05) is 22.7 Å². The van der Waals surface area contributed by atoms with E-state index in [9.17, 15) is 4.79 Å². The van der Waals surface area contributed by atoms with Gasteiger partial charge in [0.15, 0.2) is 5.82 Å². The molecule has 1 atom stereocenters. The molecule has 7 heteroatoms. The number of thiophene rings is 1. The number of nitrogens with one attached hydrogen (secondary N) is 2. The zero-order valence-electron chi connectivity index (χ0n) is 18.0. The molecule has 1 aromatic carbocycles. The summed E-state index contributed by atoms with van der Waals surface area (Å²) in [7, 11) is 0. The van der Waals surface area contributed by atoms with E-state index in [1.807, 2.05) is 64.1 Å². The van der Waals surface area contributed by atoms with Crippen molar-refractivity contribution in [1.29, 1.82) is 0 Å². The van der Waals surface area contributed by atoms with E-state index in [4.69, 9.17) is 9.97 Å². The lowest BCUT2D eigenvalue weighted by molar-refractivity contribution is -0.122. The Hall–Kier alpha value is -3.32. The van der Waals surface area contributed by atoms with Crippen LogP contribution in [0, 0.1) is 0 Å². The molecule has 0 unspecified atom stereocenters. The Kier molecular flexibility index (Phi) is 5.69. The van der Waals surface area contributed by atoms with E-state index in [2.05, 4.69) is 33.1 Å². The fourth-order valence-corrected chi connectivity index (χ4v) is 4.18. The molecule has 158 valence electrons. The van der Waals surface area contributed by atoms with Crippen molar-refractivity contribution < 1.29 is 4.79 Å². The summed E-state index contributed by atoms with van der Waals surface area (Å²) in [4.78, 5) is 27.5. The van der Waals surface area contributed by atoms with Crippen LogP contribution in [0.1, 0.15) is 27.7 Å². The summed E-state index contributed by atoms with van der Waals surface area (Å²) in [5.41, 5.74) is 2.50. The molecule has 0 saturated carbocycles. The van der Waals surface area contributed by atoms with Gasteiger partial charge in [-0.05, 0) is 45.4 Å². The van der Waals surface area contributed by atoms with Crippen molar-refractivity contribution in [2.24, 2.45) is 0 Å². The second kappa shape index (κ2) is 8.43. The lowest BCUT2D eigenvalue weighted by atomic mass is 10.1. The van der Waals surface area contributed by atoms with Gasteiger partial charge >= 0.3 is 0 Å². The van der Waals surface area contributed by atoms with E-state index >= 15 is 0 Å². The van der Waals surface area contributed by atoms with E-state index < -0.39 is 6.04 Å². The van der Waals surface area contributed by atoms with Gasteiger partial charge in [0.2, 0.25) is 5.91 Å². The van der Waals surface area contributed by atoms with Crippen molar-refractivity contribution in [2.75, 3.05) is 5.32 Å². The average Bonchev–Trinajstić information content (AvgIpc) is 3.18. The van der Waals surface area contributed by atoms with E-state index in [0.717, 1.165) is 21.3 Å². The molecular weight excluding hydrogens is 406 g/mol. The van der Waals surface area contributed by atoms with Gasteiger partial charge in [0.05, 0.1) is 5.39 Å². The Bertz CT molecular complexity index is 1200. The van der Waals surface area contributed by atoms with Crippen LogP contribution in [0.25, 0.3) is 32.9 Å². The minimum atomic E-state index is -0.475. The third-order valence-electron chi connectivity index (χ3n) is 4.66. The van der Waals surface area contributed by atoms with Gasteiger partial charge in [-0.2, -0.15) is 0 Å². The molecule has 0 radical (unpaired) electrons. The van der Waals surface area contributed by atoms with Crippen LogP contribution in [0.4, 0.5) is 5.82 Å². The van der Waals surface area contributed by atoms with Crippen molar-refractivity contribution in [1.82, 2.24) is 20.3 Å². The highest BCUT2D eigenvalue weighted by Crippen LogP contribution is 2.38. The summed E-state index contributed by atoms with van der Waals surface area (Å²) in [5, 5.41) is 9.34. The van der Waals surface area contributed by atoms with Crippen LogP contribution < -0.4 is 10.6 Å². The number of anilines is 1. The van der Waals surface area contributed by atoms with Crippen LogP contribution >= 0.6 is 11.3 Å². The molecule has 1 amide bonds. The van der Waals surface area contributed by atoms with Crippen molar-refractivity contribution in [3.63, 3.8) is 0 Å². The van der Waals surface area contributed by atoms with Gasteiger partial charge in [-0.1, -0.05) is 36.4 Å². The molecule has 0 spiro atoms. The predicted molar refractivity (Wildman–Crippen MR) is 127 cm³/mol. The molecule has 0 aliphatic carbocycles. The van der Waals surface area contributed by atoms with Crippen LogP contribution in [-0.2, 0) is 4.79 Å². The first-order valence-electron chi connectivity index (χ1n) is 10.2. The number of hydrogen-bond donors (Lipinski definition) is 2. The summed E-state index contributed by atoms with van der Waals surface area (Å²) in [6.07, 6.45) is 1.72. The topological polar surface area (TPSA) is 79.8 Å². The molecule has 6 nitrogen and oxygen atoms in total. The molecule has 2 N–H and O–H groups in total. The second-order valence-electron chi connectivity index (χ2n) is 8.41. The van der Waals surface area contributed by atoms with Crippen molar-refractivity contribution >= 4 is 33.3 Å². The molecule has 4 rings (SSSR count). The molecule has 3 heterocycles. The normalized spacial score (nSPS) is 12.5. The molecule has 0 aliphatic rings. The zero-order chi connectivity index (χ0) is 22.0. The van der Waals surface area contributed by atoms with Gasteiger partial charge in [-0.25, -0.2) is 9.97 Å². The molecule has 4 aromatic rings. The van der Waals surface area contributed by atoms with E-state index in [1.54, 1.807) is 17.5 Å². The standard InChI is InChI=1S/C24H25N5OS/c1-15(22(30)29-24(2,3)4)26-21-19-17(16-10-6-5-7-11-16)14-31-23(19)28-20(27-21)18-12-8-9-13-25-18/h5-15H,1-4H3,(H,29,30)(H,26,27,28)/t15-/m1/s1. The Morgan fingerprint density at radius 1 is 1.03 bits per heavy atom. The number of amides is 1. The quantitative estimate of drug-likeness (QED) is 0.458. The van der Waals surface area contributed by atoms with Gasteiger partial charge in [0.1, 0.15) is 22.4 Å². The number of fused-ring (bicyclic) bond motifs is 1. The number of benzene rings is 1. The number of rotatable bonds is 5. The first-order valence-corrected chi connectivity index (χ1v) is 11.0. The summed E-state index contributed by atoms with van der Waals surface area (Å²) in [5.74, 6) is 1.07. The van der Waals surface area contributed by atoms with Gasteiger partial charge in [0.25, 0.3) is 0 Å². The van der Waals surface area contributed by atoms with Crippen LogP contribution in [-0.4, -0.2) is 32.4 Å². The Balaban J connectivity index is 1.81. The maximum absolute atomic E-state index is 12.7. The van der Waals surface area contributed by atoms with Crippen LogP contribution in [0.15, 0.2) is 60.1 Å². The summed E-state index contributed by atoms with van der Waals surface area (Å²) < 4.78 is 0. The molecule has 31 heavy (non-hydrogen) atoms. The summed E-state index contributed by atoms with van der Waals surface area (Å²) >= 11 is 1.56. The summed E-state index contributed by atoms with van der Waals surface area (Å²) in [6.45, 7) is 7.73. The minimum absolute atomic E-state index is 0.0878. The lowest BCUT2D eigenvalue weighted by Crippen LogP contribution is -2.47. The SMILES string of the molecule is C[C@@H](Nc1nc(-c2ccccn2)nc2scc(-c3ccccc3)c12)C(=O)NC(C)(C)C. The van der Waals surface area contributed by atoms with E-state index in [1.165, 1.54) is 0 Å². The number of nitrogens with zero attached hydrogens (tertiary/aromatic N) is 3.